The lowest BCUT2D eigenvalue weighted by atomic mass is 9.92. The van der Waals surface area contributed by atoms with Crippen LogP contribution >= 0.6 is 0 Å². The molecule has 0 aromatic carbocycles. The summed E-state index contributed by atoms with van der Waals surface area (Å²) in [5.41, 5.74) is 6.00. The first-order valence-electron chi connectivity index (χ1n) is 7.82. The highest BCUT2D eigenvalue weighted by molar-refractivity contribution is 5.78. The zero-order valence-electron chi connectivity index (χ0n) is 12.5. The third kappa shape index (κ3) is 4.18. The lowest BCUT2D eigenvalue weighted by Crippen LogP contribution is -2.48. The molecule has 0 aromatic rings. The SMILES string of the molecule is CC1CCN(C(=O)CN2CCCC(C(C)N)C2)CC1. The summed E-state index contributed by atoms with van der Waals surface area (Å²) in [5.74, 6) is 1.65. The molecule has 4 heteroatoms. The number of nitrogens with two attached hydrogens (primary N) is 1. The molecule has 2 saturated heterocycles. The Morgan fingerprint density at radius 2 is 1.95 bits per heavy atom. The van der Waals surface area contributed by atoms with Gasteiger partial charge < -0.3 is 10.6 Å². The molecule has 2 N–H and O–H groups in total. The number of nitrogens with zero attached hydrogens (tertiary/aromatic N) is 2. The number of hydrogen-bond acceptors (Lipinski definition) is 3. The highest BCUT2D eigenvalue weighted by Gasteiger charge is 2.26. The van der Waals surface area contributed by atoms with Crippen LogP contribution in [0.15, 0.2) is 0 Å². The van der Waals surface area contributed by atoms with Crippen molar-refractivity contribution in [1.82, 2.24) is 9.80 Å². The minimum absolute atomic E-state index is 0.244. The smallest absolute Gasteiger partial charge is 0.236 e. The van der Waals surface area contributed by atoms with Gasteiger partial charge >= 0.3 is 0 Å². The summed E-state index contributed by atoms with van der Waals surface area (Å²) in [6, 6.07) is 0.244. The summed E-state index contributed by atoms with van der Waals surface area (Å²) in [7, 11) is 0. The monoisotopic (exact) mass is 267 g/mol. The van der Waals surface area contributed by atoms with E-state index in [9.17, 15) is 4.79 Å². The first-order valence-corrected chi connectivity index (χ1v) is 7.82. The molecular weight excluding hydrogens is 238 g/mol. The van der Waals surface area contributed by atoms with Crippen molar-refractivity contribution in [3.05, 3.63) is 0 Å². The van der Waals surface area contributed by atoms with Gasteiger partial charge in [-0.2, -0.15) is 0 Å². The van der Waals surface area contributed by atoms with E-state index in [0.717, 1.165) is 44.9 Å². The Bertz CT molecular complexity index is 298. The molecule has 2 atom stereocenters. The Morgan fingerprint density at radius 3 is 2.58 bits per heavy atom. The molecule has 2 aliphatic heterocycles. The fourth-order valence-electron chi connectivity index (χ4n) is 3.21. The van der Waals surface area contributed by atoms with Gasteiger partial charge in [0, 0.05) is 25.7 Å². The van der Waals surface area contributed by atoms with E-state index in [1.165, 1.54) is 12.8 Å². The van der Waals surface area contributed by atoms with Gasteiger partial charge in [-0.25, -0.2) is 0 Å². The highest BCUT2D eigenvalue weighted by atomic mass is 16.2. The summed E-state index contributed by atoms with van der Waals surface area (Å²) in [5, 5.41) is 0. The molecule has 110 valence electrons. The Hall–Kier alpha value is -0.610. The van der Waals surface area contributed by atoms with Crippen LogP contribution < -0.4 is 5.73 Å². The lowest BCUT2D eigenvalue weighted by Gasteiger charge is -2.36. The predicted molar refractivity (Wildman–Crippen MR) is 77.8 cm³/mol. The van der Waals surface area contributed by atoms with Gasteiger partial charge in [-0.15, -0.1) is 0 Å². The fraction of sp³-hybridized carbons (Fsp3) is 0.933. The van der Waals surface area contributed by atoms with Gasteiger partial charge in [0.05, 0.1) is 6.54 Å². The minimum Gasteiger partial charge on any atom is -0.342 e. The van der Waals surface area contributed by atoms with Gasteiger partial charge in [0.15, 0.2) is 0 Å². The van der Waals surface area contributed by atoms with Crippen LogP contribution in [0.2, 0.25) is 0 Å². The van der Waals surface area contributed by atoms with Crippen molar-refractivity contribution in [3.63, 3.8) is 0 Å². The number of amides is 1. The minimum atomic E-state index is 0.244. The first kappa shape index (κ1) is 14.8. The van der Waals surface area contributed by atoms with E-state index in [1.807, 2.05) is 0 Å². The number of hydrogen-bond donors (Lipinski definition) is 1. The summed E-state index contributed by atoms with van der Waals surface area (Å²) < 4.78 is 0. The van der Waals surface area contributed by atoms with Crippen LogP contribution in [0.1, 0.15) is 39.5 Å². The molecule has 0 radical (unpaired) electrons. The third-order valence-corrected chi connectivity index (χ3v) is 4.78. The van der Waals surface area contributed by atoms with Crippen molar-refractivity contribution >= 4 is 5.91 Å². The van der Waals surface area contributed by atoms with Gasteiger partial charge in [-0.05, 0) is 51.0 Å². The molecule has 2 heterocycles. The molecule has 1 amide bonds. The normalized spacial score (nSPS) is 28.4. The van der Waals surface area contributed by atoms with Crippen molar-refractivity contribution in [2.45, 2.75) is 45.6 Å². The molecule has 2 unspecified atom stereocenters. The van der Waals surface area contributed by atoms with Crippen molar-refractivity contribution < 1.29 is 4.79 Å². The number of carbonyl (C=O) groups excluding carboxylic acids is 1. The second kappa shape index (κ2) is 6.71. The molecule has 4 nitrogen and oxygen atoms in total. The van der Waals surface area contributed by atoms with Crippen LogP contribution in [-0.4, -0.2) is 54.5 Å². The average Bonchev–Trinajstić information content (AvgIpc) is 2.39. The standard InChI is InChI=1S/C15H29N3O/c1-12-5-8-18(9-6-12)15(19)11-17-7-3-4-14(10-17)13(2)16/h12-14H,3-11,16H2,1-2H3. The molecule has 2 aliphatic rings. The second-order valence-corrected chi connectivity index (χ2v) is 6.56. The molecule has 0 spiro atoms. The van der Waals surface area contributed by atoms with Crippen molar-refractivity contribution in [2.75, 3.05) is 32.7 Å². The molecule has 0 bridgehead atoms. The molecular formula is C15H29N3O. The summed E-state index contributed by atoms with van der Waals surface area (Å²) in [6.07, 6.45) is 4.71. The van der Waals surface area contributed by atoms with Gasteiger partial charge in [-0.3, -0.25) is 9.69 Å². The number of likely N-dealkylation sites (tertiary alicyclic amines) is 2. The van der Waals surface area contributed by atoms with Gasteiger partial charge in [0.1, 0.15) is 0 Å². The van der Waals surface area contributed by atoms with Crippen LogP contribution in [0.25, 0.3) is 0 Å². The van der Waals surface area contributed by atoms with Crippen LogP contribution in [0.3, 0.4) is 0 Å². The van der Waals surface area contributed by atoms with Crippen molar-refractivity contribution in [1.29, 1.82) is 0 Å². The second-order valence-electron chi connectivity index (χ2n) is 6.56. The van der Waals surface area contributed by atoms with E-state index in [1.54, 1.807) is 0 Å². The maximum Gasteiger partial charge on any atom is 0.236 e. The van der Waals surface area contributed by atoms with E-state index in [4.69, 9.17) is 5.73 Å². The van der Waals surface area contributed by atoms with Crippen LogP contribution in [-0.2, 0) is 4.79 Å². The summed E-state index contributed by atoms with van der Waals surface area (Å²) >= 11 is 0. The maximum atomic E-state index is 12.3. The Kier molecular flexibility index (Phi) is 5.22. The largest absolute Gasteiger partial charge is 0.342 e. The van der Waals surface area contributed by atoms with E-state index in [0.29, 0.717) is 18.4 Å². The fourth-order valence-corrected chi connectivity index (χ4v) is 3.21. The van der Waals surface area contributed by atoms with Crippen molar-refractivity contribution in [3.8, 4) is 0 Å². The average molecular weight is 267 g/mol. The first-order chi connectivity index (χ1) is 9.06. The molecule has 19 heavy (non-hydrogen) atoms. The number of carbonyl (C=O) groups is 1. The third-order valence-electron chi connectivity index (χ3n) is 4.78. The van der Waals surface area contributed by atoms with Crippen molar-refractivity contribution in [2.24, 2.45) is 17.6 Å². The Balaban J connectivity index is 1.78. The predicted octanol–water partition coefficient (Wildman–Crippen LogP) is 1.30. The summed E-state index contributed by atoms with van der Waals surface area (Å²) in [4.78, 5) is 16.7. The zero-order valence-corrected chi connectivity index (χ0v) is 12.5. The number of piperidine rings is 2. The quantitative estimate of drug-likeness (QED) is 0.838. The molecule has 0 saturated carbocycles. The topological polar surface area (TPSA) is 49.6 Å². The van der Waals surface area contributed by atoms with Crippen LogP contribution in [0.4, 0.5) is 0 Å². The molecule has 2 fully saturated rings. The van der Waals surface area contributed by atoms with Gasteiger partial charge in [-0.1, -0.05) is 6.92 Å². The Labute approximate surface area is 117 Å². The zero-order chi connectivity index (χ0) is 13.8. The van der Waals surface area contributed by atoms with E-state index >= 15 is 0 Å². The van der Waals surface area contributed by atoms with Crippen LogP contribution in [0, 0.1) is 11.8 Å². The van der Waals surface area contributed by atoms with Gasteiger partial charge in [0.2, 0.25) is 5.91 Å². The molecule has 0 aromatic heterocycles. The van der Waals surface area contributed by atoms with Crippen LogP contribution in [0.5, 0.6) is 0 Å². The summed E-state index contributed by atoms with van der Waals surface area (Å²) in [6.45, 7) is 8.90. The molecule has 0 aliphatic carbocycles. The highest BCUT2D eigenvalue weighted by Crippen LogP contribution is 2.20. The van der Waals surface area contributed by atoms with E-state index in [-0.39, 0.29) is 6.04 Å². The molecule has 2 rings (SSSR count). The van der Waals surface area contributed by atoms with E-state index in [2.05, 4.69) is 23.6 Å². The van der Waals surface area contributed by atoms with E-state index < -0.39 is 0 Å². The van der Waals surface area contributed by atoms with Gasteiger partial charge in [0.25, 0.3) is 0 Å². The number of rotatable bonds is 3. The lowest BCUT2D eigenvalue weighted by molar-refractivity contribution is -0.134. The Morgan fingerprint density at radius 1 is 1.26 bits per heavy atom. The maximum absolute atomic E-state index is 12.3.